The minimum atomic E-state index is -1.68. The zero-order chi connectivity index (χ0) is 29.3. The molecule has 0 aromatic heterocycles. The summed E-state index contributed by atoms with van der Waals surface area (Å²) in [6.45, 7) is 4.77. The van der Waals surface area contributed by atoms with Gasteiger partial charge in [-0.2, -0.15) is 0 Å². The minimum absolute atomic E-state index is 0.0189. The highest BCUT2D eigenvalue weighted by Crippen LogP contribution is 2.45. The van der Waals surface area contributed by atoms with Crippen molar-refractivity contribution in [2.45, 2.75) is 57.3 Å². The second-order valence-electron chi connectivity index (χ2n) is 10.1. The Labute approximate surface area is 243 Å². The summed E-state index contributed by atoms with van der Waals surface area (Å²) < 4.78 is 30.2. The van der Waals surface area contributed by atoms with Crippen LogP contribution in [0.25, 0.3) is 0 Å². The van der Waals surface area contributed by atoms with Crippen LogP contribution in [0.4, 0.5) is 4.39 Å². The van der Waals surface area contributed by atoms with Crippen molar-refractivity contribution in [2.24, 2.45) is 4.99 Å². The van der Waals surface area contributed by atoms with E-state index in [2.05, 4.69) is 10.9 Å². The SMILES string of the molecule is CC(C)(C)OC(=O)CC[C@]1(C(=O)NNCCF)N=C(c2ccc(OCCCO)cc2)O[C@H]1c1ccc(Cl)cc1Cl. The molecule has 0 fully saturated rings. The Morgan fingerprint density at radius 3 is 2.52 bits per heavy atom. The van der Waals surface area contributed by atoms with Gasteiger partial charge in [0.15, 0.2) is 11.6 Å². The molecule has 12 heteroatoms. The van der Waals surface area contributed by atoms with Crippen LogP contribution >= 0.6 is 23.2 Å². The van der Waals surface area contributed by atoms with Crippen LogP contribution < -0.4 is 15.6 Å². The summed E-state index contributed by atoms with van der Waals surface area (Å²) in [6.07, 6.45) is -0.817. The monoisotopic (exact) mass is 597 g/mol. The summed E-state index contributed by atoms with van der Waals surface area (Å²) in [5, 5.41) is 9.60. The third kappa shape index (κ3) is 8.30. The molecule has 218 valence electrons. The van der Waals surface area contributed by atoms with Gasteiger partial charge in [-0.3, -0.25) is 15.0 Å². The van der Waals surface area contributed by atoms with E-state index in [9.17, 15) is 14.0 Å². The Morgan fingerprint density at radius 2 is 1.90 bits per heavy atom. The molecule has 3 N–H and O–H groups in total. The zero-order valence-corrected chi connectivity index (χ0v) is 24.1. The molecule has 0 radical (unpaired) electrons. The highest BCUT2D eigenvalue weighted by atomic mass is 35.5. The quantitative estimate of drug-likeness (QED) is 0.174. The summed E-state index contributed by atoms with van der Waals surface area (Å²) in [5.74, 6) is -0.440. The smallest absolute Gasteiger partial charge is 0.306 e. The predicted molar refractivity (Wildman–Crippen MR) is 150 cm³/mol. The number of alkyl halides is 1. The molecule has 0 aliphatic carbocycles. The van der Waals surface area contributed by atoms with Crippen molar-refractivity contribution in [3.63, 3.8) is 0 Å². The summed E-state index contributed by atoms with van der Waals surface area (Å²) >= 11 is 12.7. The van der Waals surface area contributed by atoms with Crippen molar-refractivity contribution in [1.29, 1.82) is 0 Å². The Kier molecular flexibility index (Phi) is 11.2. The van der Waals surface area contributed by atoms with Gasteiger partial charge in [-0.15, -0.1) is 0 Å². The van der Waals surface area contributed by atoms with Gasteiger partial charge >= 0.3 is 5.97 Å². The van der Waals surface area contributed by atoms with Crippen LogP contribution in [0.1, 0.15) is 57.3 Å². The van der Waals surface area contributed by atoms with Gasteiger partial charge < -0.3 is 19.3 Å². The van der Waals surface area contributed by atoms with Gasteiger partial charge in [0.05, 0.1) is 6.61 Å². The second kappa shape index (κ2) is 14.1. The molecule has 0 saturated heterocycles. The number of nitrogens with one attached hydrogen (secondary N) is 2. The normalized spacial score (nSPS) is 18.6. The van der Waals surface area contributed by atoms with E-state index in [0.717, 1.165) is 0 Å². The number of hydrogen-bond donors (Lipinski definition) is 3. The van der Waals surface area contributed by atoms with E-state index >= 15 is 0 Å². The van der Waals surface area contributed by atoms with Crippen LogP contribution in [0.5, 0.6) is 5.75 Å². The summed E-state index contributed by atoms with van der Waals surface area (Å²) in [6, 6.07) is 11.6. The molecular weight excluding hydrogens is 564 g/mol. The topological polar surface area (TPSA) is 118 Å². The number of nitrogens with zero attached hydrogens (tertiary/aromatic N) is 1. The van der Waals surface area contributed by atoms with Gasteiger partial charge in [0.1, 0.15) is 18.0 Å². The summed E-state index contributed by atoms with van der Waals surface area (Å²) in [7, 11) is 0. The number of ether oxygens (including phenoxy) is 3. The molecular formula is C28H34Cl2FN3O6. The predicted octanol–water partition coefficient (Wildman–Crippen LogP) is 4.72. The average Bonchev–Trinajstić information content (AvgIpc) is 3.28. The summed E-state index contributed by atoms with van der Waals surface area (Å²) in [5.41, 5.74) is 3.62. The van der Waals surface area contributed by atoms with Crippen LogP contribution in [0.2, 0.25) is 10.0 Å². The van der Waals surface area contributed by atoms with E-state index < -0.39 is 35.8 Å². The zero-order valence-electron chi connectivity index (χ0n) is 22.6. The standard InChI is InChI=1S/C28H34Cl2FN3O6/c1-27(2,3)40-23(36)11-12-28(26(37)34-32-14-13-31)24(21-10-7-19(29)17-22(21)30)39-25(33-28)18-5-8-20(9-6-18)38-16-4-15-35/h5-10,17,24,32,35H,4,11-16H2,1-3H3,(H,34,37)/t24-,28-/m0/s1. The fourth-order valence-electron chi connectivity index (χ4n) is 4.04. The van der Waals surface area contributed by atoms with Crippen molar-refractivity contribution >= 4 is 41.0 Å². The van der Waals surface area contributed by atoms with Crippen molar-refractivity contribution < 1.29 is 33.3 Å². The molecule has 40 heavy (non-hydrogen) atoms. The third-order valence-corrected chi connectivity index (χ3v) is 6.39. The first-order valence-corrected chi connectivity index (χ1v) is 13.6. The number of aliphatic imine (C=N–C) groups is 1. The molecule has 1 heterocycles. The maximum Gasteiger partial charge on any atom is 0.306 e. The molecule has 2 atom stereocenters. The highest BCUT2D eigenvalue weighted by Gasteiger charge is 2.54. The molecule has 1 aliphatic rings. The van der Waals surface area contributed by atoms with Crippen LogP contribution in [0, 0.1) is 0 Å². The van der Waals surface area contributed by atoms with Crippen LogP contribution in [0.3, 0.4) is 0 Å². The molecule has 0 saturated carbocycles. The molecule has 2 aromatic carbocycles. The number of carbonyl (C=O) groups excluding carboxylic acids is 2. The average molecular weight is 598 g/mol. The molecule has 0 spiro atoms. The Morgan fingerprint density at radius 1 is 1.18 bits per heavy atom. The molecule has 0 bridgehead atoms. The first-order chi connectivity index (χ1) is 19.0. The van der Waals surface area contributed by atoms with E-state index in [1.807, 2.05) is 0 Å². The molecule has 0 unspecified atom stereocenters. The minimum Gasteiger partial charge on any atom is -0.494 e. The van der Waals surface area contributed by atoms with Gasteiger partial charge in [0.25, 0.3) is 5.91 Å². The number of rotatable bonds is 13. The van der Waals surface area contributed by atoms with Gasteiger partial charge in [0, 0.05) is 47.2 Å². The lowest BCUT2D eigenvalue weighted by atomic mass is 9.83. The maximum atomic E-state index is 13.7. The highest BCUT2D eigenvalue weighted by molar-refractivity contribution is 6.35. The van der Waals surface area contributed by atoms with E-state index in [0.29, 0.717) is 34.9 Å². The maximum absolute atomic E-state index is 13.7. The Bertz CT molecular complexity index is 1210. The number of aliphatic hydroxyl groups is 1. The van der Waals surface area contributed by atoms with E-state index in [-0.39, 0.29) is 36.9 Å². The third-order valence-electron chi connectivity index (χ3n) is 5.83. The largest absolute Gasteiger partial charge is 0.494 e. The van der Waals surface area contributed by atoms with Crippen molar-refractivity contribution in [2.75, 3.05) is 26.4 Å². The number of hydrogen-bond acceptors (Lipinski definition) is 8. The number of esters is 1. The number of benzene rings is 2. The van der Waals surface area contributed by atoms with Crippen molar-refractivity contribution in [3.8, 4) is 5.75 Å². The molecule has 3 rings (SSSR count). The van der Waals surface area contributed by atoms with Crippen LogP contribution in [-0.4, -0.2) is 60.5 Å². The first kappa shape index (κ1) is 31.6. The van der Waals surface area contributed by atoms with Crippen molar-refractivity contribution in [1.82, 2.24) is 10.9 Å². The molecule has 1 aliphatic heterocycles. The molecule has 9 nitrogen and oxygen atoms in total. The summed E-state index contributed by atoms with van der Waals surface area (Å²) in [4.78, 5) is 31.2. The van der Waals surface area contributed by atoms with Crippen LogP contribution in [0.15, 0.2) is 47.5 Å². The van der Waals surface area contributed by atoms with Gasteiger partial charge in [-0.1, -0.05) is 29.3 Å². The Hall–Kier alpha value is -2.92. The first-order valence-electron chi connectivity index (χ1n) is 12.9. The van der Waals surface area contributed by atoms with Gasteiger partial charge in [0.2, 0.25) is 5.90 Å². The molecule has 2 aromatic rings. The van der Waals surface area contributed by atoms with E-state index in [4.69, 9.17) is 47.5 Å². The lowest BCUT2D eigenvalue weighted by Crippen LogP contribution is -2.53. The van der Waals surface area contributed by atoms with Gasteiger partial charge in [-0.05, 0) is 63.6 Å². The number of amides is 1. The number of halogens is 3. The number of aliphatic hydroxyl groups excluding tert-OH is 1. The number of hydrazine groups is 1. The lowest BCUT2D eigenvalue weighted by molar-refractivity contribution is -0.155. The van der Waals surface area contributed by atoms with Gasteiger partial charge in [-0.25, -0.2) is 14.8 Å². The van der Waals surface area contributed by atoms with E-state index in [1.165, 1.54) is 6.07 Å². The number of carbonyl (C=O) groups is 2. The lowest BCUT2D eigenvalue weighted by Gasteiger charge is -2.31. The molecule has 1 amide bonds. The van der Waals surface area contributed by atoms with Crippen molar-refractivity contribution in [3.05, 3.63) is 63.6 Å². The van der Waals surface area contributed by atoms with Crippen LogP contribution in [-0.2, 0) is 19.1 Å². The Balaban J connectivity index is 2.04. The second-order valence-corrected chi connectivity index (χ2v) is 11.0. The fraction of sp³-hybridized carbons (Fsp3) is 0.464. The fourth-order valence-corrected chi connectivity index (χ4v) is 4.55. The van der Waals surface area contributed by atoms with E-state index in [1.54, 1.807) is 57.2 Å².